The molecule has 0 spiro atoms. The number of ether oxygens (including phenoxy) is 1. The first-order chi connectivity index (χ1) is 8.93. The number of nitrogens with one attached hydrogen (secondary N) is 1. The predicted octanol–water partition coefficient (Wildman–Crippen LogP) is 3.21. The maximum atomic E-state index is 13.8. The Morgan fingerprint density at radius 1 is 1.37 bits per heavy atom. The van der Waals surface area contributed by atoms with Crippen molar-refractivity contribution in [3.8, 4) is 6.07 Å². The number of anilines is 1. The molecule has 2 rings (SSSR count). The number of halogens is 2. The zero-order chi connectivity index (χ0) is 14.0. The lowest BCUT2D eigenvalue weighted by atomic mass is 9.93. The molecule has 0 aliphatic carbocycles. The van der Waals surface area contributed by atoms with Crippen molar-refractivity contribution in [2.45, 2.75) is 38.3 Å². The van der Waals surface area contributed by atoms with Gasteiger partial charge in [0.1, 0.15) is 6.07 Å². The predicted molar refractivity (Wildman–Crippen MR) is 67.7 cm³/mol. The molecule has 102 valence electrons. The molecule has 1 aliphatic heterocycles. The third-order valence-electron chi connectivity index (χ3n) is 3.26. The van der Waals surface area contributed by atoms with E-state index in [-0.39, 0.29) is 22.9 Å². The molecule has 1 atom stereocenters. The topological polar surface area (TPSA) is 45.0 Å². The Bertz CT molecular complexity index is 523. The Morgan fingerprint density at radius 3 is 2.74 bits per heavy atom. The van der Waals surface area contributed by atoms with Crippen LogP contribution in [0.4, 0.5) is 14.5 Å². The summed E-state index contributed by atoms with van der Waals surface area (Å²) in [6.45, 7) is 4.53. The maximum Gasteiger partial charge on any atom is 0.183 e. The molecule has 3 nitrogen and oxygen atoms in total. The molecule has 1 heterocycles. The van der Waals surface area contributed by atoms with Crippen LogP contribution in [0, 0.1) is 23.0 Å². The summed E-state index contributed by atoms with van der Waals surface area (Å²) in [4.78, 5) is 0. The van der Waals surface area contributed by atoms with Crippen LogP contribution in [0.25, 0.3) is 0 Å². The second kappa shape index (κ2) is 5.14. The van der Waals surface area contributed by atoms with Crippen LogP contribution in [0.2, 0.25) is 0 Å². The van der Waals surface area contributed by atoms with Gasteiger partial charge in [0.15, 0.2) is 11.6 Å². The Kier molecular flexibility index (Phi) is 3.72. The monoisotopic (exact) mass is 266 g/mol. The standard InChI is InChI=1S/C14H16F2N2O/c1-14(2)7-10(5-6-19-14)18-11-4-3-9(8-17)12(15)13(11)16/h3-4,10,18H,5-7H2,1-2H3. The smallest absolute Gasteiger partial charge is 0.183 e. The van der Waals surface area contributed by atoms with E-state index >= 15 is 0 Å². The van der Waals surface area contributed by atoms with Crippen LogP contribution in [-0.4, -0.2) is 18.2 Å². The van der Waals surface area contributed by atoms with E-state index in [1.807, 2.05) is 13.8 Å². The van der Waals surface area contributed by atoms with Crippen LogP contribution in [0.1, 0.15) is 32.3 Å². The van der Waals surface area contributed by atoms with Gasteiger partial charge in [-0.05, 0) is 38.8 Å². The lowest BCUT2D eigenvalue weighted by Crippen LogP contribution is -2.40. The van der Waals surface area contributed by atoms with E-state index in [4.69, 9.17) is 10.00 Å². The summed E-state index contributed by atoms with van der Waals surface area (Å²) in [6.07, 6.45) is 1.46. The molecule has 1 aliphatic rings. The summed E-state index contributed by atoms with van der Waals surface area (Å²) in [5.41, 5.74) is -0.452. The van der Waals surface area contributed by atoms with Crippen molar-refractivity contribution >= 4 is 5.69 Å². The second-order valence-corrected chi connectivity index (χ2v) is 5.34. The average Bonchev–Trinajstić information content (AvgIpc) is 2.34. The number of hydrogen-bond acceptors (Lipinski definition) is 3. The molecule has 0 amide bonds. The van der Waals surface area contributed by atoms with E-state index in [9.17, 15) is 8.78 Å². The lowest BCUT2D eigenvalue weighted by Gasteiger charge is -2.36. The molecule has 0 saturated carbocycles. The molecule has 1 N–H and O–H groups in total. The Balaban J connectivity index is 2.16. The van der Waals surface area contributed by atoms with Crippen molar-refractivity contribution in [2.24, 2.45) is 0 Å². The van der Waals surface area contributed by atoms with Crippen molar-refractivity contribution in [1.29, 1.82) is 5.26 Å². The fourth-order valence-electron chi connectivity index (χ4n) is 2.32. The Morgan fingerprint density at radius 2 is 2.11 bits per heavy atom. The highest BCUT2D eigenvalue weighted by Gasteiger charge is 2.29. The van der Waals surface area contributed by atoms with Crippen LogP contribution in [0.5, 0.6) is 0 Å². The molecular formula is C14H16F2N2O. The summed E-state index contributed by atoms with van der Waals surface area (Å²) in [5.74, 6) is -2.10. The third-order valence-corrected chi connectivity index (χ3v) is 3.26. The Labute approximate surface area is 111 Å². The zero-order valence-electron chi connectivity index (χ0n) is 11.0. The van der Waals surface area contributed by atoms with E-state index < -0.39 is 11.6 Å². The minimum absolute atomic E-state index is 0.0329. The van der Waals surface area contributed by atoms with Crippen LogP contribution in [-0.2, 0) is 4.74 Å². The van der Waals surface area contributed by atoms with Crippen molar-refractivity contribution in [3.05, 3.63) is 29.3 Å². The highest BCUT2D eigenvalue weighted by molar-refractivity contribution is 5.50. The number of nitriles is 1. The summed E-state index contributed by atoms with van der Waals surface area (Å²) in [6, 6.07) is 4.34. The average molecular weight is 266 g/mol. The van der Waals surface area contributed by atoms with Crippen molar-refractivity contribution < 1.29 is 13.5 Å². The van der Waals surface area contributed by atoms with Gasteiger partial charge in [0, 0.05) is 12.6 Å². The minimum atomic E-state index is -1.10. The highest BCUT2D eigenvalue weighted by Crippen LogP contribution is 2.28. The van der Waals surface area contributed by atoms with Gasteiger partial charge < -0.3 is 10.1 Å². The first-order valence-corrected chi connectivity index (χ1v) is 6.21. The van der Waals surface area contributed by atoms with Gasteiger partial charge in [-0.25, -0.2) is 8.78 Å². The van der Waals surface area contributed by atoms with Crippen LogP contribution < -0.4 is 5.32 Å². The number of benzene rings is 1. The molecule has 0 radical (unpaired) electrons. The summed E-state index contributed by atoms with van der Waals surface area (Å²) in [7, 11) is 0. The van der Waals surface area contributed by atoms with Crippen LogP contribution in [0.3, 0.4) is 0 Å². The number of rotatable bonds is 2. The van der Waals surface area contributed by atoms with Gasteiger partial charge >= 0.3 is 0 Å². The first kappa shape index (κ1) is 13.8. The van der Waals surface area contributed by atoms with E-state index in [1.165, 1.54) is 12.1 Å². The summed E-state index contributed by atoms with van der Waals surface area (Å²) < 4.78 is 32.9. The minimum Gasteiger partial charge on any atom is -0.380 e. The van der Waals surface area contributed by atoms with Crippen LogP contribution in [0.15, 0.2) is 12.1 Å². The molecule has 5 heteroatoms. The van der Waals surface area contributed by atoms with E-state index in [0.29, 0.717) is 13.0 Å². The fraction of sp³-hybridized carbons (Fsp3) is 0.500. The first-order valence-electron chi connectivity index (χ1n) is 6.21. The van der Waals surface area contributed by atoms with Gasteiger partial charge in [-0.15, -0.1) is 0 Å². The van der Waals surface area contributed by atoms with Gasteiger partial charge in [0.25, 0.3) is 0 Å². The molecule has 1 unspecified atom stereocenters. The van der Waals surface area contributed by atoms with Crippen molar-refractivity contribution in [2.75, 3.05) is 11.9 Å². The van der Waals surface area contributed by atoms with E-state index in [0.717, 1.165) is 6.42 Å². The highest BCUT2D eigenvalue weighted by atomic mass is 19.2. The molecule has 1 aromatic rings. The van der Waals surface area contributed by atoms with Gasteiger partial charge in [-0.3, -0.25) is 0 Å². The maximum absolute atomic E-state index is 13.8. The van der Waals surface area contributed by atoms with Crippen molar-refractivity contribution in [1.82, 2.24) is 0 Å². The molecule has 0 bridgehead atoms. The third kappa shape index (κ3) is 3.02. The normalized spacial score (nSPS) is 21.7. The largest absolute Gasteiger partial charge is 0.380 e. The Hall–Kier alpha value is -1.67. The van der Waals surface area contributed by atoms with Gasteiger partial charge in [0.05, 0.1) is 16.9 Å². The van der Waals surface area contributed by atoms with Crippen molar-refractivity contribution in [3.63, 3.8) is 0 Å². The van der Waals surface area contributed by atoms with Crippen LogP contribution >= 0.6 is 0 Å². The number of nitrogens with zero attached hydrogens (tertiary/aromatic N) is 1. The molecular weight excluding hydrogens is 250 g/mol. The van der Waals surface area contributed by atoms with Gasteiger partial charge in [0.2, 0.25) is 0 Å². The lowest BCUT2D eigenvalue weighted by molar-refractivity contribution is -0.0553. The fourth-order valence-corrected chi connectivity index (χ4v) is 2.32. The van der Waals surface area contributed by atoms with E-state index in [2.05, 4.69) is 5.32 Å². The zero-order valence-corrected chi connectivity index (χ0v) is 11.0. The second-order valence-electron chi connectivity index (χ2n) is 5.34. The summed E-state index contributed by atoms with van der Waals surface area (Å²) >= 11 is 0. The molecule has 1 aromatic carbocycles. The van der Waals surface area contributed by atoms with E-state index in [1.54, 1.807) is 6.07 Å². The number of hydrogen-bond donors (Lipinski definition) is 1. The molecule has 1 fully saturated rings. The quantitative estimate of drug-likeness (QED) is 0.894. The molecule has 1 saturated heterocycles. The molecule has 19 heavy (non-hydrogen) atoms. The van der Waals surface area contributed by atoms with Gasteiger partial charge in [-0.1, -0.05) is 0 Å². The summed E-state index contributed by atoms with van der Waals surface area (Å²) in [5, 5.41) is 11.6. The van der Waals surface area contributed by atoms with Gasteiger partial charge in [-0.2, -0.15) is 5.26 Å². The molecule has 0 aromatic heterocycles. The SMILES string of the molecule is CC1(C)CC(Nc2ccc(C#N)c(F)c2F)CCO1.